The van der Waals surface area contributed by atoms with E-state index in [-0.39, 0.29) is 17.8 Å². The van der Waals surface area contributed by atoms with Crippen molar-refractivity contribution in [3.05, 3.63) is 39.4 Å². The van der Waals surface area contributed by atoms with Crippen molar-refractivity contribution in [2.75, 3.05) is 6.54 Å². The lowest BCUT2D eigenvalue weighted by Gasteiger charge is -2.18. The van der Waals surface area contributed by atoms with Crippen LogP contribution in [0.25, 0.3) is 0 Å². The summed E-state index contributed by atoms with van der Waals surface area (Å²) in [5.41, 5.74) is -0.295. The monoisotopic (exact) mass is 301 g/mol. The van der Waals surface area contributed by atoms with Crippen LogP contribution in [0.15, 0.2) is 18.2 Å². The number of rotatable bonds is 2. The van der Waals surface area contributed by atoms with E-state index in [9.17, 15) is 14.9 Å². The van der Waals surface area contributed by atoms with Crippen LogP contribution in [-0.4, -0.2) is 23.2 Å². The van der Waals surface area contributed by atoms with Crippen LogP contribution in [-0.2, 0) is 4.74 Å². The second-order valence-corrected chi connectivity index (χ2v) is 5.26. The minimum Gasteiger partial charge on any atom is -0.444 e. The minimum atomic E-state index is -0.593. The molecule has 1 rings (SSSR count). The maximum atomic E-state index is 11.4. The average Bonchev–Trinajstić information content (AvgIpc) is 2.41. The summed E-state index contributed by atoms with van der Waals surface area (Å²) >= 11 is 0. The molecule has 1 aromatic rings. The third-order valence-electron chi connectivity index (χ3n) is 2.28. The first-order valence-electron chi connectivity index (χ1n) is 6.37. The molecule has 1 N–H and O–H groups in total. The number of alkyl carbamates (subject to hydrolysis) is 1. The summed E-state index contributed by atoms with van der Waals surface area (Å²) in [5, 5.41) is 22.0. The molecule has 22 heavy (non-hydrogen) atoms. The number of ether oxygens (including phenoxy) is 1. The number of carbonyl (C=O) groups excluding carboxylic acids is 1. The highest BCUT2D eigenvalue weighted by molar-refractivity contribution is 5.68. The first kappa shape index (κ1) is 17.0. The highest BCUT2D eigenvalue weighted by Crippen LogP contribution is 2.16. The Hall–Kier alpha value is -3.06. The van der Waals surface area contributed by atoms with Crippen molar-refractivity contribution in [1.82, 2.24) is 5.32 Å². The minimum absolute atomic E-state index is 0.0385. The zero-order valence-corrected chi connectivity index (χ0v) is 12.5. The molecule has 1 amide bonds. The largest absolute Gasteiger partial charge is 0.444 e. The van der Waals surface area contributed by atoms with E-state index in [1.807, 2.05) is 6.07 Å². The van der Waals surface area contributed by atoms with Gasteiger partial charge in [0.2, 0.25) is 0 Å². The van der Waals surface area contributed by atoms with Crippen LogP contribution in [0, 0.1) is 33.3 Å². The smallest absolute Gasteiger partial charge is 0.408 e. The number of hydrogen-bond donors (Lipinski definition) is 1. The molecule has 0 aliphatic carbocycles. The van der Waals surface area contributed by atoms with Gasteiger partial charge in [0.25, 0.3) is 5.69 Å². The van der Waals surface area contributed by atoms with Gasteiger partial charge >= 0.3 is 6.09 Å². The second kappa shape index (κ2) is 7.09. The molecular weight excluding hydrogens is 286 g/mol. The molecule has 0 aromatic heterocycles. The Morgan fingerprint density at radius 1 is 1.41 bits per heavy atom. The van der Waals surface area contributed by atoms with Gasteiger partial charge in [-0.15, -0.1) is 0 Å². The van der Waals surface area contributed by atoms with Gasteiger partial charge in [-0.05, 0) is 26.8 Å². The van der Waals surface area contributed by atoms with E-state index in [2.05, 4.69) is 17.2 Å². The van der Waals surface area contributed by atoms with Gasteiger partial charge in [0.1, 0.15) is 11.7 Å². The average molecular weight is 301 g/mol. The molecule has 0 unspecified atom stereocenters. The van der Waals surface area contributed by atoms with E-state index in [1.165, 1.54) is 12.1 Å². The van der Waals surface area contributed by atoms with E-state index in [0.717, 1.165) is 6.07 Å². The van der Waals surface area contributed by atoms with Gasteiger partial charge in [-0.25, -0.2) is 4.79 Å². The van der Waals surface area contributed by atoms with E-state index < -0.39 is 16.6 Å². The molecule has 114 valence electrons. The lowest BCUT2D eigenvalue weighted by Crippen LogP contribution is -2.32. The fourth-order valence-corrected chi connectivity index (χ4v) is 1.42. The molecular formula is C15H15N3O4. The number of nitro benzene ring substituents is 1. The maximum Gasteiger partial charge on any atom is 0.408 e. The summed E-state index contributed by atoms with van der Waals surface area (Å²) < 4.78 is 5.03. The summed E-state index contributed by atoms with van der Waals surface area (Å²) in [5.74, 6) is 5.34. The third kappa shape index (κ3) is 5.51. The van der Waals surface area contributed by atoms with Gasteiger partial charge in [0.05, 0.1) is 17.0 Å². The lowest BCUT2D eigenvalue weighted by molar-refractivity contribution is -0.384. The fourth-order valence-electron chi connectivity index (χ4n) is 1.42. The zero-order chi connectivity index (χ0) is 16.8. The number of nitriles is 1. The molecule has 0 aliphatic heterocycles. The third-order valence-corrected chi connectivity index (χ3v) is 2.28. The Balaban J connectivity index is 2.71. The molecule has 0 radical (unpaired) electrons. The quantitative estimate of drug-likeness (QED) is 0.512. The van der Waals surface area contributed by atoms with Gasteiger partial charge in [-0.1, -0.05) is 11.8 Å². The molecule has 0 atom stereocenters. The highest BCUT2D eigenvalue weighted by Gasteiger charge is 2.15. The van der Waals surface area contributed by atoms with Crippen LogP contribution in [0.1, 0.15) is 31.9 Å². The predicted octanol–water partition coefficient (Wildman–Crippen LogP) is 2.34. The summed E-state index contributed by atoms with van der Waals surface area (Å²) in [6.45, 7) is 5.27. The van der Waals surface area contributed by atoms with Gasteiger partial charge < -0.3 is 10.1 Å². The van der Waals surface area contributed by atoms with Crippen LogP contribution in [0.2, 0.25) is 0 Å². The van der Waals surface area contributed by atoms with Crippen molar-refractivity contribution in [3.8, 4) is 17.9 Å². The van der Waals surface area contributed by atoms with E-state index >= 15 is 0 Å². The zero-order valence-electron chi connectivity index (χ0n) is 12.5. The summed E-state index contributed by atoms with van der Waals surface area (Å²) in [6, 6.07) is 5.68. The first-order chi connectivity index (χ1) is 10.2. The molecule has 1 aromatic carbocycles. The molecule has 0 fully saturated rings. The predicted molar refractivity (Wildman–Crippen MR) is 78.9 cm³/mol. The fraction of sp³-hybridized carbons (Fsp3) is 0.333. The summed E-state index contributed by atoms with van der Waals surface area (Å²) in [6.07, 6.45) is -0.592. The van der Waals surface area contributed by atoms with Crippen molar-refractivity contribution in [2.45, 2.75) is 26.4 Å². The van der Waals surface area contributed by atoms with Gasteiger partial charge in [-0.2, -0.15) is 5.26 Å². The number of nitro groups is 1. The normalized spacial score (nSPS) is 9.91. The Kier molecular flexibility index (Phi) is 5.48. The van der Waals surface area contributed by atoms with E-state index in [1.54, 1.807) is 20.8 Å². The van der Waals surface area contributed by atoms with Crippen molar-refractivity contribution in [3.63, 3.8) is 0 Å². The van der Waals surface area contributed by atoms with E-state index in [4.69, 9.17) is 10.00 Å². The number of hydrogen-bond acceptors (Lipinski definition) is 5. The lowest BCUT2D eigenvalue weighted by atomic mass is 10.1. The number of non-ortho nitro benzene ring substituents is 1. The topological polar surface area (TPSA) is 105 Å². The van der Waals surface area contributed by atoms with Crippen LogP contribution in [0.5, 0.6) is 0 Å². The molecule has 7 nitrogen and oxygen atoms in total. The van der Waals surface area contributed by atoms with Gasteiger partial charge in [0.15, 0.2) is 0 Å². The maximum absolute atomic E-state index is 11.4. The van der Waals surface area contributed by atoms with Crippen LogP contribution in [0.3, 0.4) is 0 Å². The number of nitrogens with zero attached hydrogens (tertiary/aromatic N) is 2. The SMILES string of the molecule is CC(C)(C)OC(=O)NCC#Cc1ccc([N+](=O)[O-])cc1C#N. The first-order valence-corrected chi connectivity index (χ1v) is 6.37. The van der Waals surface area contributed by atoms with Crippen molar-refractivity contribution < 1.29 is 14.5 Å². The second-order valence-electron chi connectivity index (χ2n) is 5.26. The molecule has 0 heterocycles. The summed E-state index contributed by atoms with van der Waals surface area (Å²) in [7, 11) is 0. The highest BCUT2D eigenvalue weighted by atomic mass is 16.6. The van der Waals surface area contributed by atoms with Crippen LogP contribution in [0.4, 0.5) is 10.5 Å². The summed E-state index contributed by atoms with van der Waals surface area (Å²) in [4.78, 5) is 21.4. The Bertz CT molecular complexity index is 687. The van der Waals surface area contributed by atoms with Crippen molar-refractivity contribution >= 4 is 11.8 Å². The van der Waals surface area contributed by atoms with Gasteiger partial charge in [0, 0.05) is 17.7 Å². The number of benzene rings is 1. The molecule has 0 spiro atoms. The van der Waals surface area contributed by atoms with Gasteiger partial charge in [-0.3, -0.25) is 10.1 Å². The van der Waals surface area contributed by atoms with Crippen molar-refractivity contribution in [1.29, 1.82) is 5.26 Å². The molecule has 0 aliphatic rings. The van der Waals surface area contributed by atoms with Crippen molar-refractivity contribution in [2.24, 2.45) is 0 Å². The Morgan fingerprint density at radius 3 is 2.64 bits per heavy atom. The molecule has 7 heteroatoms. The Morgan fingerprint density at radius 2 is 2.09 bits per heavy atom. The van der Waals surface area contributed by atoms with Crippen LogP contribution >= 0.6 is 0 Å². The standard InChI is InChI=1S/C15H15N3O4/c1-15(2,3)22-14(19)17-8-4-5-11-6-7-13(18(20)21)9-12(11)10-16/h6-7,9H,8H2,1-3H3,(H,17,19). The number of amides is 1. The number of carbonyl (C=O) groups is 1. The number of nitrogens with one attached hydrogen (secondary N) is 1. The van der Waals surface area contributed by atoms with Crippen LogP contribution < -0.4 is 5.32 Å². The molecule has 0 saturated carbocycles. The molecule has 0 bridgehead atoms. The molecule has 0 saturated heterocycles. The van der Waals surface area contributed by atoms with E-state index in [0.29, 0.717) is 5.56 Å². The Labute approximate surface area is 128 Å².